The van der Waals surface area contributed by atoms with E-state index in [-0.39, 0.29) is 0 Å². The van der Waals surface area contributed by atoms with E-state index in [4.69, 9.17) is 11.6 Å². The molecule has 3 aromatic heterocycles. The molecule has 0 saturated carbocycles. The molecule has 0 saturated heterocycles. The van der Waals surface area contributed by atoms with E-state index >= 15 is 0 Å². The SMILES string of the molecule is Cc1c(Cl)nn2c(-c3cc4c(s3)CCCC4)nnc2c1C. The van der Waals surface area contributed by atoms with Gasteiger partial charge in [0, 0.05) is 10.4 Å². The van der Waals surface area contributed by atoms with Crippen LogP contribution in [0.5, 0.6) is 0 Å². The Balaban J connectivity index is 1.93. The summed E-state index contributed by atoms with van der Waals surface area (Å²) < 4.78 is 1.78. The zero-order chi connectivity index (χ0) is 14.6. The van der Waals surface area contributed by atoms with E-state index in [1.807, 2.05) is 25.2 Å². The molecule has 0 amide bonds. The Labute approximate surface area is 131 Å². The van der Waals surface area contributed by atoms with Crippen LogP contribution in [0.1, 0.15) is 34.4 Å². The molecule has 1 aliphatic carbocycles. The summed E-state index contributed by atoms with van der Waals surface area (Å²) in [7, 11) is 0. The summed E-state index contributed by atoms with van der Waals surface area (Å²) in [5.41, 5.74) is 4.26. The van der Waals surface area contributed by atoms with Crippen molar-refractivity contribution in [3.05, 3.63) is 32.8 Å². The molecule has 0 atom stereocenters. The fraction of sp³-hybridized carbons (Fsp3) is 0.400. The van der Waals surface area contributed by atoms with Gasteiger partial charge in [0.25, 0.3) is 0 Å². The molecule has 4 rings (SSSR count). The smallest absolute Gasteiger partial charge is 0.190 e. The van der Waals surface area contributed by atoms with Gasteiger partial charge in [0.2, 0.25) is 0 Å². The number of thiophene rings is 1. The predicted octanol–water partition coefficient (Wildman–Crippen LogP) is 4.00. The highest BCUT2D eigenvalue weighted by Crippen LogP contribution is 2.35. The normalized spacial score (nSPS) is 14.6. The zero-order valence-electron chi connectivity index (χ0n) is 12.0. The number of aryl methyl sites for hydroxylation is 3. The summed E-state index contributed by atoms with van der Waals surface area (Å²) in [4.78, 5) is 2.63. The van der Waals surface area contributed by atoms with Crippen molar-refractivity contribution in [1.29, 1.82) is 0 Å². The summed E-state index contributed by atoms with van der Waals surface area (Å²) in [5, 5.41) is 13.6. The minimum absolute atomic E-state index is 0.516. The van der Waals surface area contributed by atoms with Gasteiger partial charge < -0.3 is 0 Å². The summed E-state index contributed by atoms with van der Waals surface area (Å²) in [6.45, 7) is 3.97. The van der Waals surface area contributed by atoms with Crippen LogP contribution in [0.4, 0.5) is 0 Å². The zero-order valence-corrected chi connectivity index (χ0v) is 13.6. The average Bonchev–Trinajstić information content (AvgIpc) is 3.07. The third-order valence-corrected chi connectivity index (χ3v) is 5.84. The molecule has 1 aliphatic rings. The van der Waals surface area contributed by atoms with Crippen LogP contribution in [-0.2, 0) is 12.8 Å². The van der Waals surface area contributed by atoms with Gasteiger partial charge in [-0.05, 0) is 56.7 Å². The Morgan fingerprint density at radius 3 is 2.76 bits per heavy atom. The fourth-order valence-electron chi connectivity index (χ4n) is 2.85. The predicted molar refractivity (Wildman–Crippen MR) is 85.2 cm³/mol. The van der Waals surface area contributed by atoms with Gasteiger partial charge in [0.05, 0.1) is 4.88 Å². The van der Waals surface area contributed by atoms with Crippen molar-refractivity contribution in [2.45, 2.75) is 39.5 Å². The van der Waals surface area contributed by atoms with E-state index < -0.39 is 0 Å². The van der Waals surface area contributed by atoms with E-state index in [1.54, 1.807) is 4.52 Å². The summed E-state index contributed by atoms with van der Waals surface area (Å²) >= 11 is 8.04. The van der Waals surface area contributed by atoms with Crippen molar-refractivity contribution in [1.82, 2.24) is 19.8 Å². The van der Waals surface area contributed by atoms with Crippen LogP contribution in [0.25, 0.3) is 16.3 Å². The number of nitrogens with zero attached hydrogens (tertiary/aromatic N) is 4. The molecule has 0 aromatic carbocycles. The lowest BCUT2D eigenvalue weighted by Gasteiger charge is -2.08. The highest BCUT2D eigenvalue weighted by molar-refractivity contribution is 7.15. The van der Waals surface area contributed by atoms with Crippen molar-refractivity contribution in [2.75, 3.05) is 0 Å². The maximum absolute atomic E-state index is 6.23. The molecule has 4 nitrogen and oxygen atoms in total. The van der Waals surface area contributed by atoms with Crippen LogP contribution >= 0.6 is 22.9 Å². The topological polar surface area (TPSA) is 43.1 Å². The number of hydrogen-bond donors (Lipinski definition) is 0. The Hall–Kier alpha value is -1.46. The summed E-state index contributed by atoms with van der Waals surface area (Å²) in [6, 6.07) is 2.25. The summed E-state index contributed by atoms with van der Waals surface area (Å²) in [6.07, 6.45) is 4.93. The lowest BCUT2D eigenvalue weighted by molar-refractivity contribution is 0.697. The number of rotatable bonds is 1. The Kier molecular flexibility index (Phi) is 3.01. The van der Waals surface area contributed by atoms with Crippen molar-refractivity contribution >= 4 is 28.6 Å². The third-order valence-electron chi connectivity index (χ3n) is 4.25. The van der Waals surface area contributed by atoms with Crippen molar-refractivity contribution < 1.29 is 0 Å². The van der Waals surface area contributed by atoms with Gasteiger partial charge in [-0.1, -0.05) is 11.6 Å². The van der Waals surface area contributed by atoms with Gasteiger partial charge in [-0.25, -0.2) is 0 Å². The molecule has 0 N–H and O–H groups in total. The second kappa shape index (κ2) is 4.78. The van der Waals surface area contributed by atoms with E-state index in [0.717, 1.165) is 27.5 Å². The monoisotopic (exact) mass is 318 g/mol. The number of halogens is 1. The van der Waals surface area contributed by atoms with Gasteiger partial charge in [-0.2, -0.15) is 9.61 Å². The molecule has 0 aliphatic heterocycles. The Bertz CT molecular complexity index is 826. The first-order valence-electron chi connectivity index (χ1n) is 7.15. The Morgan fingerprint density at radius 1 is 1.14 bits per heavy atom. The first-order chi connectivity index (χ1) is 10.1. The lowest BCUT2D eigenvalue weighted by atomic mass is 9.99. The molecule has 0 radical (unpaired) electrons. The van der Waals surface area contributed by atoms with Crippen LogP contribution < -0.4 is 0 Å². The molecule has 0 bridgehead atoms. The lowest BCUT2D eigenvalue weighted by Crippen LogP contribution is -1.99. The van der Waals surface area contributed by atoms with E-state index in [2.05, 4.69) is 21.4 Å². The van der Waals surface area contributed by atoms with Crippen LogP contribution in [0.2, 0.25) is 5.15 Å². The molecule has 0 spiro atoms. The van der Waals surface area contributed by atoms with Crippen molar-refractivity contribution in [2.24, 2.45) is 0 Å². The van der Waals surface area contributed by atoms with E-state index in [9.17, 15) is 0 Å². The fourth-order valence-corrected chi connectivity index (χ4v) is 4.29. The van der Waals surface area contributed by atoms with Crippen LogP contribution in [0.3, 0.4) is 0 Å². The molecule has 108 valence electrons. The second-order valence-electron chi connectivity index (χ2n) is 5.57. The molecular weight excluding hydrogens is 304 g/mol. The standard InChI is InChI=1S/C15H15ClN4S/c1-8-9(2)14-17-18-15(20(14)19-13(8)16)12-7-10-5-3-4-6-11(10)21-12/h7H,3-6H2,1-2H3. The molecule has 0 unspecified atom stereocenters. The first kappa shape index (κ1) is 13.2. The molecule has 3 heterocycles. The Morgan fingerprint density at radius 2 is 1.95 bits per heavy atom. The number of aromatic nitrogens is 4. The third kappa shape index (κ3) is 1.99. The molecule has 0 fully saturated rings. The molecule has 6 heteroatoms. The van der Waals surface area contributed by atoms with Crippen LogP contribution in [0.15, 0.2) is 6.07 Å². The number of hydrogen-bond acceptors (Lipinski definition) is 4. The number of fused-ring (bicyclic) bond motifs is 2. The van der Waals surface area contributed by atoms with Gasteiger partial charge in [-0.15, -0.1) is 21.5 Å². The van der Waals surface area contributed by atoms with Crippen LogP contribution in [-0.4, -0.2) is 19.8 Å². The maximum atomic E-state index is 6.23. The van der Waals surface area contributed by atoms with Gasteiger partial charge in [0.15, 0.2) is 16.6 Å². The first-order valence-corrected chi connectivity index (χ1v) is 8.34. The van der Waals surface area contributed by atoms with Gasteiger partial charge >= 0.3 is 0 Å². The van der Waals surface area contributed by atoms with E-state index in [1.165, 1.54) is 36.1 Å². The highest BCUT2D eigenvalue weighted by atomic mass is 35.5. The maximum Gasteiger partial charge on any atom is 0.195 e. The highest BCUT2D eigenvalue weighted by Gasteiger charge is 2.19. The molecular formula is C15H15ClN4S. The second-order valence-corrected chi connectivity index (χ2v) is 7.06. The van der Waals surface area contributed by atoms with Crippen molar-refractivity contribution in [3.63, 3.8) is 0 Å². The molecule has 3 aromatic rings. The van der Waals surface area contributed by atoms with E-state index in [0.29, 0.717) is 5.15 Å². The minimum Gasteiger partial charge on any atom is -0.190 e. The van der Waals surface area contributed by atoms with Crippen molar-refractivity contribution in [3.8, 4) is 10.7 Å². The average molecular weight is 319 g/mol. The quantitative estimate of drug-likeness (QED) is 0.681. The van der Waals surface area contributed by atoms with Crippen LogP contribution in [0, 0.1) is 13.8 Å². The van der Waals surface area contributed by atoms with Gasteiger partial charge in [0.1, 0.15) is 0 Å². The molecule has 21 heavy (non-hydrogen) atoms. The largest absolute Gasteiger partial charge is 0.195 e. The minimum atomic E-state index is 0.516. The summed E-state index contributed by atoms with van der Waals surface area (Å²) in [5.74, 6) is 0.800. The van der Waals surface area contributed by atoms with Gasteiger partial charge in [-0.3, -0.25) is 0 Å².